The predicted octanol–water partition coefficient (Wildman–Crippen LogP) is 1.67. The molecule has 0 fully saturated rings. The summed E-state index contributed by atoms with van der Waals surface area (Å²) in [4.78, 5) is 11.0. The Morgan fingerprint density at radius 2 is 2.24 bits per heavy atom. The summed E-state index contributed by atoms with van der Waals surface area (Å²) in [5.74, 6) is -0.383. The van der Waals surface area contributed by atoms with E-state index >= 15 is 0 Å². The van der Waals surface area contributed by atoms with Gasteiger partial charge in [-0.3, -0.25) is 4.79 Å². The van der Waals surface area contributed by atoms with Crippen LogP contribution in [0.25, 0.3) is 0 Å². The van der Waals surface area contributed by atoms with E-state index in [-0.39, 0.29) is 11.8 Å². The fourth-order valence-electron chi connectivity index (χ4n) is 1.71. The normalized spacial score (nSPS) is 14.5. The number of carbonyl (C=O) groups is 1. The van der Waals surface area contributed by atoms with Crippen LogP contribution < -0.4 is 11.1 Å². The van der Waals surface area contributed by atoms with Crippen molar-refractivity contribution in [1.82, 2.24) is 9.88 Å². The lowest BCUT2D eigenvalue weighted by Gasteiger charge is -2.12. The molecule has 4 nitrogen and oxygen atoms in total. The lowest BCUT2D eigenvalue weighted by Crippen LogP contribution is -2.24. The maximum Gasteiger partial charge on any atom is 0.222 e. The average Bonchev–Trinajstić information content (AvgIpc) is 2.74. The molecule has 0 saturated carbocycles. The second-order valence-corrected chi connectivity index (χ2v) is 4.62. The van der Waals surface area contributed by atoms with E-state index in [0.717, 1.165) is 13.0 Å². The van der Waals surface area contributed by atoms with Crippen molar-refractivity contribution in [2.45, 2.75) is 39.8 Å². The van der Waals surface area contributed by atoms with Crippen molar-refractivity contribution in [1.29, 1.82) is 0 Å². The first-order chi connectivity index (χ1) is 8.04. The minimum atomic E-state index is -0.252. The van der Waals surface area contributed by atoms with Gasteiger partial charge in [0.25, 0.3) is 0 Å². The molecule has 1 heterocycles. The number of rotatable bonds is 7. The Balaban J connectivity index is 2.55. The van der Waals surface area contributed by atoms with Gasteiger partial charge in [-0.25, -0.2) is 0 Å². The van der Waals surface area contributed by atoms with E-state index in [2.05, 4.69) is 31.4 Å². The quantitative estimate of drug-likeness (QED) is 0.758. The Hall–Kier alpha value is -1.29. The number of primary amides is 1. The van der Waals surface area contributed by atoms with Gasteiger partial charge in [0.15, 0.2) is 0 Å². The number of hydrogen-bond donors (Lipinski definition) is 2. The van der Waals surface area contributed by atoms with Gasteiger partial charge in [0.1, 0.15) is 0 Å². The van der Waals surface area contributed by atoms with Gasteiger partial charge in [-0.1, -0.05) is 13.8 Å². The minimum Gasteiger partial charge on any atom is -0.369 e. The molecule has 3 N–H and O–H groups in total. The van der Waals surface area contributed by atoms with Crippen LogP contribution in [0.2, 0.25) is 0 Å². The molecule has 4 heteroatoms. The van der Waals surface area contributed by atoms with Crippen LogP contribution in [-0.2, 0) is 11.3 Å². The number of nitrogens with zero attached hydrogens (tertiary/aromatic N) is 1. The van der Waals surface area contributed by atoms with Crippen LogP contribution in [-0.4, -0.2) is 17.0 Å². The van der Waals surface area contributed by atoms with E-state index in [0.29, 0.717) is 12.6 Å². The van der Waals surface area contributed by atoms with Crippen LogP contribution in [0.1, 0.15) is 38.8 Å². The second kappa shape index (κ2) is 6.45. The fraction of sp³-hybridized carbons (Fsp3) is 0.615. The molecule has 1 aromatic rings. The van der Waals surface area contributed by atoms with Gasteiger partial charge in [0, 0.05) is 25.0 Å². The number of aromatic nitrogens is 1. The highest BCUT2D eigenvalue weighted by Gasteiger charge is 2.11. The molecule has 0 spiro atoms. The molecule has 96 valence electrons. The Labute approximate surface area is 103 Å². The lowest BCUT2D eigenvalue weighted by atomic mass is 10.1. The van der Waals surface area contributed by atoms with Gasteiger partial charge in [0.2, 0.25) is 5.91 Å². The van der Waals surface area contributed by atoms with Crippen LogP contribution in [0.4, 0.5) is 0 Å². The Morgan fingerprint density at radius 3 is 2.82 bits per heavy atom. The predicted molar refractivity (Wildman–Crippen MR) is 69.5 cm³/mol. The minimum absolute atomic E-state index is 0.130. The third-order valence-corrected chi connectivity index (χ3v) is 2.94. The number of carbonyl (C=O) groups excluding carboxylic acids is 1. The number of nitrogens with one attached hydrogen (secondary N) is 1. The lowest BCUT2D eigenvalue weighted by molar-refractivity contribution is -0.121. The first-order valence-corrected chi connectivity index (χ1v) is 6.23. The highest BCUT2D eigenvalue weighted by molar-refractivity contribution is 5.76. The van der Waals surface area contributed by atoms with Crippen LogP contribution in [0.3, 0.4) is 0 Å². The van der Waals surface area contributed by atoms with Crippen LogP contribution >= 0.6 is 0 Å². The van der Waals surface area contributed by atoms with Crippen molar-refractivity contribution >= 4 is 5.91 Å². The van der Waals surface area contributed by atoms with Crippen molar-refractivity contribution in [3.05, 3.63) is 24.0 Å². The molecular formula is C13H23N3O. The van der Waals surface area contributed by atoms with Crippen molar-refractivity contribution < 1.29 is 4.79 Å². The molecule has 1 amide bonds. The van der Waals surface area contributed by atoms with Crippen LogP contribution in [0.15, 0.2) is 18.5 Å². The molecule has 0 aliphatic heterocycles. The third-order valence-electron chi connectivity index (χ3n) is 2.94. The van der Waals surface area contributed by atoms with Crippen molar-refractivity contribution in [2.75, 3.05) is 6.54 Å². The summed E-state index contributed by atoms with van der Waals surface area (Å²) in [5, 5.41) is 3.43. The zero-order valence-corrected chi connectivity index (χ0v) is 10.9. The summed E-state index contributed by atoms with van der Waals surface area (Å²) in [6.45, 7) is 7.81. The summed E-state index contributed by atoms with van der Waals surface area (Å²) in [6, 6.07) is 2.43. The SMILES string of the molecule is CCCNC(C)c1ccn(CC(C)C(N)=O)c1. The molecule has 17 heavy (non-hydrogen) atoms. The highest BCUT2D eigenvalue weighted by atomic mass is 16.1. The second-order valence-electron chi connectivity index (χ2n) is 4.62. The number of nitrogens with two attached hydrogens (primary N) is 1. The first-order valence-electron chi connectivity index (χ1n) is 6.23. The Morgan fingerprint density at radius 1 is 1.53 bits per heavy atom. The zero-order valence-electron chi connectivity index (χ0n) is 10.9. The molecular weight excluding hydrogens is 214 g/mol. The van der Waals surface area contributed by atoms with E-state index in [4.69, 9.17) is 5.73 Å². The average molecular weight is 237 g/mol. The molecule has 1 aromatic heterocycles. The van der Waals surface area contributed by atoms with Gasteiger partial charge >= 0.3 is 0 Å². The third kappa shape index (κ3) is 4.23. The van der Waals surface area contributed by atoms with Crippen molar-refractivity contribution in [3.63, 3.8) is 0 Å². The van der Waals surface area contributed by atoms with Gasteiger partial charge in [-0.05, 0) is 31.5 Å². The smallest absolute Gasteiger partial charge is 0.222 e. The maximum atomic E-state index is 11.0. The topological polar surface area (TPSA) is 60.1 Å². The summed E-state index contributed by atoms with van der Waals surface area (Å²) in [7, 11) is 0. The van der Waals surface area contributed by atoms with E-state index in [1.54, 1.807) is 0 Å². The molecule has 2 unspecified atom stereocenters. The number of hydrogen-bond acceptors (Lipinski definition) is 2. The van der Waals surface area contributed by atoms with E-state index in [1.165, 1.54) is 5.56 Å². The standard InChI is InChI=1S/C13H23N3O/c1-4-6-15-11(3)12-5-7-16(9-12)8-10(2)13(14)17/h5,7,9-11,15H,4,6,8H2,1-3H3,(H2,14,17). The molecule has 0 radical (unpaired) electrons. The zero-order chi connectivity index (χ0) is 12.8. The summed E-state index contributed by atoms with van der Waals surface area (Å²) in [5.41, 5.74) is 6.50. The Bertz CT molecular complexity index is 359. The molecule has 0 aliphatic carbocycles. The van der Waals surface area contributed by atoms with Crippen molar-refractivity contribution in [3.8, 4) is 0 Å². The van der Waals surface area contributed by atoms with Gasteiger partial charge in [-0.15, -0.1) is 0 Å². The van der Waals surface area contributed by atoms with E-state index in [1.807, 2.05) is 17.7 Å². The fourth-order valence-corrected chi connectivity index (χ4v) is 1.71. The molecule has 0 bridgehead atoms. The van der Waals surface area contributed by atoms with Gasteiger partial charge in [-0.2, -0.15) is 0 Å². The number of amides is 1. The van der Waals surface area contributed by atoms with Crippen LogP contribution in [0.5, 0.6) is 0 Å². The monoisotopic (exact) mass is 237 g/mol. The largest absolute Gasteiger partial charge is 0.369 e. The molecule has 0 aliphatic rings. The molecule has 2 atom stereocenters. The Kier molecular flexibility index (Phi) is 5.22. The first kappa shape index (κ1) is 13.8. The molecule has 0 saturated heterocycles. The van der Waals surface area contributed by atoms with Crippen molar-refractivity contribution in [2.24, 2.45) is 11.7 Å². The summed E-state index contributed by atoms with van der Waals surface area (Å²) >= 11 is 0. The maximum absolute atomic E-state index is 11.0. The van der Waals surface area contributed by atoms with E-state index in [9.17, 15) is 4.79 Å². The van der Waals surface area contributed by atoms with E-state index < -0.39 is 0 Å². The van der Waals surface area contributed by atoms with Gasteiger partial charge in [0.05, 0.1) is 5.92 Å². The molecule has 0 aromatic carbocycles. The molecule has 1 rings (SSSR count). The summed E-state index contributed by atoms with van der Waals surface area (Å²) in [6.07, 6.45) is 5.20. The van der Waals surface area contributed by atoms with Gasteiger partial charge < -0.3 is 15.6 Å². The van der Waals surface area contributed by atoms with Crippen LogP contribution in [0, 0.1) is 5.92 Å². The highest BCUT2D eigenvalue weighted by Crippen LogP contribution is 2.13. The summed E-state index contributed by atoms with van der Waals surface area (Å²) < 4.78 is 2.02.